The Hall–Kier alpha value is -1.39. The van der Waals surface area contributed by atoms with Crippen molar-refractivity contribution < 1.29 is 9.15 Å². The molecule has 0 radical (unpaired) electrons. The van der Waals surface area contributed by atoms with Crippen molar-refractivity contribution in [2.75, 3.05) is 5.75 Å². The van der Waals surface area contributed by atoms with Gasteiger partial charge in [-0.15, -0.1) is 11.8 Å². The fraction of sp³-hybridized carbons (Fsp3) is 0.286. The van der Waals surface area contributed by atoms with E-state index in [-0.39, 0.29) is 12.1 Å². The van der Waals surface area contributed by atoms with E-state index in [2.05, 4.69) is 6.07 Å². The summed E-state index contributed by atoms with van der Waals surface area (Å²) in [6, 6.07) is 10.0. The summed E-state index contributed by atoms with van der Waals surface area (Å²) in [4.78, 5) is 1.20. The van der Waals surface area contributed by atoms with Crippen molar-refractivity contribution in [3.8, 4) is 5.75 Å². The fourth-order valence-corrected chi connectivity index (χ4v) is 3.15. The van der Waals surface area contributed by atoms with Gasteiger partial charge in [-0.1, -0.05) is 12.1 Å². The number of benzene rings is 1. The summed E-state index contributed by atoms with van der Waals surface area (Å²) in [6.45, 7) is 0. The van der Waals surface area contributed by atoms with E-state index in [9.17, 15) is 0 Å². The molecule has 0 saturated heterocycles. The van der Waals surface area contributed by atoms with Crippen molar-refractivity contribution in [1.29, 1.82) is 0 Å². The zero-order chi connectivity index (χ0) is 12.4. The molecule has 2 heterocycles. The van der Waals surface area contributed by atoms with Crippen LogP contribution in [0.5, 0.6) is 5.75 Å². The van der Waals surface area contributed by atoms with Crippen LogP contribution in [0.25, 0.3) is 0 Å². The zero-order valence-electron chi connectivity index (χ0n) is 9.91. The molecule has 4 heteroatoms. The zero-order valence-corrected chi connectivity index (χ0v) is 10.7. The molecular weight excluding hydrogens is 246 g/mol. The maximum Gasteiger partial charge on any atom is 0.133 e. The smallest absolute Gasteiger partial charge is 0.133 e. The second kappa shape index (κ2) is 5.08. The molecule has 0 saturated carbocycles. The van der Waals surface area contributed by atoms with Gasteiger partial charge in [0.15, 0.2) is 0 Å². The Morgan fingerprint density at radius 3 is 3.06 bits per heavy atom. The minimum atomic E-state index is -0.0107. The summed E-state index contributed by atoms with van der Waals surface area (Å²) in [5, 5.41) is 0. The SMILES string of the molecule is NC(Cc1ccoc1)C1CSc2ccccc2O1. The lowest BCUT2D eigenvalue weighted by Gasteiger charge is -2.29. The first-order valence-corrected chi connectivity index (χ1v) is 6.96. The molecule has 0 amide bonds. The Morgan fingerprint density at radius 2 is 2.22 bits per heavy atom. The molecular formula is C14H15NO2S. The first-order chi connectivity index (χ1) is 8.83. The molecule has 1 aliphatic rings. The first-order valence-electron chi connectivity index (χ1n) is 5.98. The summed E-state index contributed by atoms with van der Waals surface area (Å²) >= 11 is 1.81. The standard InChI is InChI=1S/C14H15NO2S/c15-11(7-10-5-6-16-8-10)13-9-18-14-4-2-1-3-12(14)17-13/h1-6,8,11,13H,7,9,15H2. The van der Waals surface area contributed by atoms with Crippen LogP contribution in [-0.2, 0) is 6.42 Å². The van der Waals surface area contributed by atoms with Gasteiger partial charge in [0.2, 0.25) is 0 Å². The number of rotatable bonds is 3. The van der Waals surface area contributed by atoms with Crippen molar-refractivity contribution in [2.24, 2.45) is 5.73 Å². The van der Waals surface area contributed by atoms with Crippen molar-refractivity contribution in [2.45, 2.75) is 23.5 Å². The first kappa shape index (κ1) is 11.7. The van der Waals surface area contributed by atoms with Gasteiger partial charge in [0.05, 0.1) is 12.5 Å². The molecule has 1 aromatic heterocycles. The molecule has 3 nitrogen and oxygen atoms in total. The Bertz CT molecular complexity index is 512. The average molecular weight is 261 g/mol. The number of fused-ring (bicyclic) bond motifs is 1. The Balaban J connectivity index is 1.68. The molecule has 2 aromatic rings. The third kappa shape index (κ3) is 2.40. The topological polar surface area (TPSA) is 48.4 Å². The second-order valence-electron chi connectivity index (χ2n) is 4.41. The van der Waals surface area contributed by atoms with Crippen LogP contribution in [0.2, 0.25) is 0 Å². The van der Waals surface area contributed by atoms with Crippen LogP contribution in [0, 0.1) is 0 Å². The maximum atomic E-state index is 6.22. The third-order valence-corrected chi connectivity index (χ3v) is 4.20. The van der Waals surface area contributed by atoms with Crippen LogP contribution < -0.4 is 10.5 Å². The van der Waals surface area contributed by atoms with Crippen LogP contribution in [0.3, 0.4) is 0 Å². The van der Waals surface area contributed by atoms with Gasteiger partial charge in [-0.3, -0.25) is 0 Å². The van der Waals surface area contributed by atoms with Gasteiger partial charge in [-0.2, -0.15) is 0 Å². The highest BCUT2D eigenvalue weighted by Crippen LogP contribution is 2.35. The molecule has 0 spiro atoms. The van der Waals surface area contributed by atoms with Gasteiger partial charge in [0.1, 0.15) is 11.9 Å². The molecule has 3 rings (SSSR count). The highest BCUT2D eigenvalue weighted by Gasteiger charge is 2.25. The number of thioether (sulfide) groups is 1. The highest BCUT2D eigenvalue weighted by molar-refractivity contribution is 7.99. The van der Waals surface area contributed by atoms with Crippen LogP contribution in [0.1, 0.15) is 5.56 Å². The van der Waals surface area contributed by atoms with E-state index in [1.54, 1.807) is 12.5 Å². The monoisotopic (exact) mass is 261 g/mol. The second-order valence-corrected chi connectivity index (χ2v) is 5.48. The summed E-state index contributed by atoms with van der Waals surface area (Å²) in [5.41, 5.74) is 7.34. The normalized spacial score (nSPS) is 19.9. The van der Waals surface area contributed by atoms with Gasteiger partial charge in [-0.05, 0) is 30.2 Å². The Kier molecular flexibility index (Phi) is 3.30. The van der Waals surface area contributed by atoms with E-state index in [0.717, 1.165) is 23.5 Å². The number of hydrogen-bond acceptors (Lipinski definition) is 4. The van der Waals surface area contributed by atoms with Crippen LogP contribution >= 0.6 is 11.8 Å². The lowest BCUT2D eigenvalue weighted by atomic mass is 10.1. The van der Waals surface area contributed by atoms with E-state index in [1.807, 2.05) is 36.0 Å². The molecule has 2 N–H and O–H groups in total. The summed E-state index contributed by atoms with van der Waals surface area (Å²) in [5.74, 6) is 1.84. The Morgan fingerprint density at radius 1 is 1.33 bits per heavy atom. The van der Waals surface area contributed by atoms with Gasteiger partial charge in [0.25, 0.3) is 0 Å². The highest BCUT2D eigenvalue weighted by atomic mass is 32.2. The van der Waals surface area contributed by atoms with Crippen LogP contribution in [-0.4, -0.2) is 17.9 Å². The van der Waals surface area contributed by atoms with Gasteiger partial charge in [-0.25, -0.2) is 0 Å². The molecule has 0 fully saturated rings. The lowest BCUT2D eigenvalue weighted by molar-refractivity contribution is 0.184. The van der Waals surface area contributed by atoms with Gasteiger partial charge in [0, 0.05) is 16.7 Å². The minimum absolute atomic E-state index is 0.0107. The van der Waals surface area contributed by atoms with E-state index in [0.29, 0.717) is 0 Å². The average Bonchev–Trinajstić information content (AvgIpc) is 2.91. The number of hydrogen-bond donors (Lipinski definition) is 1. The maximum absolute atomic E-state index is 6.22. The summed E-state index contributed by atoms with van der Waals surface area (Å²) in [7, 11) is 0. The Labute approximate surface area is 110 Å². The third-order valence-electron chi connectivity index (χ3n) is 3.06. The summed E-state index contributed by atoms with van der Waals surface area (Å²) in [6.07, 6.45) is 4.25. The van der Waals surface area contributed by atoms with Gasteiger partial charge < -0.3 is 14.9 Å². The lowest BCUT2D eigenvalue weighted by Crippen LogP contribution is -2.43. The van der Waals surface area contributed by atoms with E-state index >= 15 is 0 Å². The molecule has 0 bridgehead atoms. The van der Waals surface area contributed by atoms with E-state index in [4.69, 9.17) is 14.9 Å². The fourth-order valence-electron chi connectivity index (χ4n) is 2.06. The quantitative estimate of drug-likeness (QED) is 0.923. The number of ether oxygens (including phenoxy) is 1. The molecule has 94 valence electrons. The molecule has 2 atom stereocenters. The van der Waals surface area contributed by atoms with E-state index in [1.165, 1.54) is 4.90 Å². The number of nitrogens with two attached hydrogens (primary N) is 1. The molecule has 2 unspecified atom stereocenters. The van der Waals surface area contributed by atoms with E-state index < -0.39 is 0 Å². The van der Waals surface area contributed by atoms with Gasteiger partial charge >= 0.3 is 0 Å². The molecule has 1 aromatic carbocycles. The summed E-state index contributed by atoms with van der Waals surface area (Å²) < 4.78 is 11.0. The predicted octanol–water partition coefficient (Wildman–Crippen LogP) is 2.70. The van der Waals surface area contributed by atoms with Crippen molar-refractivity contribution in [1.82, 2.24) is 0 Å². The predicted molar refractivity (Wildman–Crippen MR) is 72.0 cm³/mol. The molecule has 18 heavy (non-hydrogen) atoms. The van der Waals surface area contributed by atoms with Crippen molar-refractivity contribution in [3.63, 3.8) is 0 Å². The molecule has 1 aliphatic heterocycles. The van der Waals surface area contributed by atoms with Crippen LogP contribution in [0.15, 0.2) is 52.2 Å². The number of furan rings is 1. The van der Waals surface area contributed by atoms with Crippen LogP contribution in [0.4, 0.5) is 0 Å². The van der Waals surface area contributed by atoms with Crippen molar-refractivity contribution in [3.05, 3.63) is 48.4 Å². The molecule has 0 aliphatic carbocycles. The number of para-hydroxylation sites is 1. The largest absolute Gasteiger partial charge is 0.487 e. The van der Waals surface area contributed by atoms with Crippen molar-refractivity contribution >= 4 is 11.8 Å². The minimum Gasteiger partial charge on any atom is -0.487 e.